The van der Waals surface area contributed by atoms with Gasteiger partial charge in [-0.15, -0.1) is 102 Å². The summed E-state index contributed by atoms with van der Waals surface area (Å²) in [5, 5.41) is 1.14. The molecule has 0 spiro atoms. The molecular weight excluding hydrogens is 1810 g/mol. The maximum absolute atomic E-state index is 11.1. The van der Waals surface area contributed by atoms with Crippen LogP contribution >= 0.6 is 142 Å². The molecule has 122 heavy (non-hydrogen) atoms. The van der Waals surface area contributed by atoms with E-state index in [9.17, 15) is 9.59 Å². The van der Waals surface area contributed by atoms with E-state index in [1.54, 1.807) is 120 Å². The fraction of sp³-hybridized carbons (Fsp3) is 0.642. The number of alkyl halides is 1. The molecular formula is C106H160BrKO2S12. The minimum absolute atomic E-state index is 0. The first-order chi connectivity index (χ1) is 58.7. The van der Waals surface area contributed by atoms with Crippen molar-refractivity contribution >= 4 is 165 Å². The number of unbranched alkanes of at least 4 members (excludes halogenated alkanes) is 27. The van der Waals surface area contributed by atoms with E-state index < -0.39 is 0 Å². The largest absolute Gasteiger partial charge is 1.00 e. The molecule has 2 nitrogen and oxygen atoms in total. The number of halogens is 1. The van der Waals surface area contributed by atoms with Crippen LogP contribution in [0.1, 0.15) is 424 Å². The second kappa shape index (κ2) is 67.8. The van der Waals surface area contributed by atoms with Gasteiger partial charge < -0.3 is 17.4 Å². The first kappa shape index (κ1) is 112. The van der Waals surface area contributed by atoms with Crippen molar-refractivity contribution in [3.63, 3.8) is 0 Å². The number of aryl methyl sites for hydroxylation is 15. The van der Waals surface area contributed by atoms with E-state index in [0.29, 0.717) is 0 Å². The molecule has 9 heterocycles. The summed E-state index contributed by atoms with van der Waals surface area (Å²) >= 11 is 31.9. The average Bonchev–Trinajstić information content (AvgIpc) is 1.68. The van der Waals surface area contributed by atoms with Gasteiger partial charge in [0.05, 0.1) is 0 Å². The van der Waals surface area contributed by atoms with Gasteiger partial charge >= 0.3 is 51.4 Å². The van der Waals surface area contributed by atoms with Crippen molar-refractivity contribution < 1.29 is 61.0 Å². The molecule has 0 bridgehead atoms. The molecule has 0 N–H and O–H groups in total. The van der Waals surface area contributed by atoms with Gasteiger partial charge in [0.1, 0.15) is 0 Å². The first-order valence-electron chi connectivity index (χ1n) is 48.0. The topological polar surface area (TPSA) is 34.1 Å². The summed E-state index contributed by atoms with van der Waals surface area (Å²) in [5.41, 5.74) is 14.5. The van der Waals surface area contributed by atoms with Crippen LogP contribution in [0.15, 0.2) is 54.6 Å². The van der Waals surface area contributed by atoms with Crippen molar-refractivity contribution in [3.05, 3.63) is 192 Å². The van der Waals surface area contributed by atoms with Crippen LogP contribution < -0.4 is 51.4 Å². The molecule has 0 aliphatic rings. The van der Waals surface area contributed by atoms with Crippen molar-refractivity contribution in [1.29, 1.82) is 0 Å². The molecule has 0 aromatic carbocycles. The van der Waals surface area contributed by atoms with Gasteiger partial charge in [-0.25, -0.2) is 0 Å². The Bertz CT molecular complexity index is 4050. The van der Waals surface area contributed by atoms with Crippen LogP contribution in [-0.4, -0.2) is 27.1 Å². The van der Waals surface area contributed by atoms with E-state index in [0.717, 1.165) is 61.8 Å². The Balaban J connectivity index is 0.000000317. The predicted octanol–water partition coefficient (Wildman–Crippen LogP) is 33.7. The summed E-state index contributed by atoms with van der Waals surface area (Å²) < 4.78 is 0. The zero-order chi connectivity index (χ0) is 87.4. The molecule has 9 aromatic rings. The molecule has 0 fully saturated rings. The van der Waals surface area contributed by atoms with E-state index in [4.69, 9.17) is 0 Å². The Labute approximate surface area is 849 Å². The number of hydrogen-bond acceptors (Lipinski definition) is 14. The second-order valence-corrected chi connectivity index (χ2v) is 49.2. The molecule has 0 aliphatic carbocycles. The van der Waals surface area contributed by atoms with Crippen LogP contribution in [0.25, 0.3) is 0 Å². The first-order valence-corrected chi connectivity index (χ1v) is 58.5. The minimum Gasteiger partial charge on any atom is -0.742 e. The fourth-order valence-corrected chi connectivity index (χ4v) is 28.8. The summed E-state index contributed by atoms with van der Waals surface area (Å²) in [6, 6.07) is 22.8. The van der Waals surface area contributed by atoms with Crippen molar-refractivity contribution in [1.82, 2.24) is 0 Å². The summed E-state index contributed by atoms with van der Waals surface area (Å²) in [5.74, 6) is 2.00. The van der Waals surface area contributed by atoms with Gasteiger partial charge in [-0.2, -0.15) is 12.6 Å². The summed E-state index contributed by atoms with van der Waals surface area (Å²) in [7, 11) is 0. The smallest absolute Gasteiger partial charge is 0.742 e. The Kier molecular flexibility index (Phi) is 62.3. The summed E-state index contributed by atoms with van der Waals surface area (Å²) in [6.45, 7) is 30.7. The number of thioether (sulfide) groups is 1. The zero-order valence-electron chi connectivity index (χ0n) is 79.0. The molecule has 676 valence electrons. The minimum atomic E-state index is -0.250. The SMILES string of the molecule is CC(=O)[S-].CCCCCCc1cc(C)sc1Cc1cc(CCCCCC)c(Cc2cc(CCCCCCBr)c(C)s2)s1.CCCCCCc1cc(C)sc1Cc1cc(CCCCCC)c(Cc2cc(CCCCCCS)c(C)s2)s1.CCCCCCc1cc(C)sc1Cc1cc(CCCCCC)c(Cc2cc(CCCCCCSC(C)=O)c(C)s2)s1.[K+]. The third kappa shape index (κ3) is 45.9. The molecule has 9 aromatic heterocycles. The summed E-state index contributed by atoms with van der Waals surface area (Å²) in [4.78, 5) is 48.6. The zero-order valence-corrected chi connectivity index (χ0v) is 93.6. The number of thiophene rings is 9. The van der Waals surface area contributed by atoms with Crippen LogP contribution in [-0.2, 0) is 119 Å². The van der Waals surface area contributed by atoms with Gasteiger partial charge in [0.25, 0.3) is 0 Å². The molecule has 0 aliphatic heterocycles. The van der Waals surface area contributed by atoms with Crippen molar-refractivity contribution in [2.45, 2.75) is 424 Å². The van der Waals surface area contributed by atoms with Gasteiger partial charge in [0.2, 0.25) is 0 Å². The molecule has 0 atom stereocenters. The van der Waals surface area contributed by atoms with Crippen LogP contribution in [0.2, 0.25) is 0 Å². The number of rotatable bonds is 61. The fourth-order valence-electron chi connectivity index (χ4n) is 16.6. The number of thiol groups is 1. The quantitative estimate of drug-likeness (QED) is 0.0135. The number of hydrogen-bond donors (Lipinski definition) is 1. The average molecular weight is 1970 g/mol. The van der Waals surface area contributed by atoms with Crippen molar-refractivity contribution in [3.8, 4) is 0 Å². The van der Waals surface area contributed by atoms with E-state index in [1.807, 2.05) is 56.7 Å². The molecule has 0 unspecified atom stereocenters. The molecule has 0 saturated heterocycles. The Hall–Kier alpha value is -0.324. The molecule has 0 amide bonds. The Morgan fingerprint density at radius 2 is 0.500 bits per heavy atom. The van der Waals surface area contributed by atoms with Gasteiger partial charge in [0.15, 0.2) is 5.12 Å². The van der Waals surface area contributed by atoms with Crippen LogP contribution in [0, 0.1) is 41.5 Å². The van der Waals surface area contributed by atoms with Crippen LogP contribution in [0.3, 0.4) is 0 Å². The second-order valence-electron chi connectivity index (χ2n) is 34.4. The molecule has 0 saturated carbocycles. The maximum Gasteiger partial charge on any atom is 1.00 e. The third-order valence-corrected chi connectivity index (χ3v) is 35.1. The summed E-state index contributed by atoms with van der Waals surface area (Å²) in [6.07, 6.45) is 65.7. The van der Waals surface area contributed by atoms with Gasteiger partial charge in [0, 0.05) is 149 Å². The predicted molar refractivity (Wildman–Crippen MR) is 567 cm³/mol. The van der Waals surface area contributed by atoms with Crippen molar-refractivity contribution in [2.24, 2.45) is 0 Å². The Morgan fingerprint density at radius 1 is 0.295 bits per heavy atom. The number of carbonyl (C=O) groups excluding carboxylic acids is 2. The Morgan fingerprint density at radius 3 is 0.746 bits per heavy atom. The van der Waals surface area contributed by atoms with Gasteiger partial charge in [-0.3, -0.25) is 4.79 Å². The van der Waals surface area contributed by atoms with Gasteiger partial charge in [-0.1, -0.05) is 223 Å². The maximum atomic E-state index is 11.1. The van der Waals surface area contributed by atoms with Crippen LogP contribution in [0.5, 0.6) is 0 Å². The normalized spacial score (nSPS) is 11.3. The number of carbonyl (C=O) groups is 2. The van der Waals surface area contributed by atoms with Crippen molar-refractivity contribution in [2.75, 3.05) is 16.8 Å². The monoisotopic (exact) mass is 1970 g/mol. The molecule has 0 radical (unpaired) electrons. The van der Waals surface area contributed by atoms with Gasteiger partial charge in [-0.05, 0) is 294 Å². The van der Waals surface area contributed by atoms with Crippen LogP contribution in [0.4, 0.5) is 0 Å². The third-order valence-electron chi connectivity index (χ3n) is 23.3. The molecule has 16 heteroatoms. The van der Waals surface area contributed by atoms with E-state index in [1.165, 1.54) is 326 Å². The van der Waals surface area contributed by atoms with E-state index in [-0.39, 0.29) is 61.6 Å². The van der Waals surface area contributed by atoms with E-state index >= 15 is 0 Å². The molecule has 9 rings (SSSR count). The van der Waals surface area contributed by atoms with E-state index in [2.05, 4.69) is 224 Å². The standard InChI is InChI=1S/C36H54OS4.C34H51BrS3.C34H52S4.C2H4OS.K/c1-6-8-10-14-19-31-22-27(3)39-35(31)26-34-24-32(20-15-11-9-7-2)36(41-34)25-33-23-30(28(4)40-33)18-16-12-13-17-21-38-29(5)37;2*1-5-7-9-13-18-29-21-26(3)36-33(29)25-32-23-30(19-14-10-8-6-2)34(38-32)24-31-22-28(27(4)37-31)17-15-11-12-16-20-35;1-2(3)4;/h22-24H,6-21,25-26H2,1-5H3;21-23H,5-20,24-25H2,1-4H3;21-23,35H,5-20,24-25H2,1-4H3;1H3,(H,3,4);/q;;;;+1/p-1.